The molecule has 0 atom stereocenters. The molecule has 18 heavy (non-hydrogen) atoms. The van der Waals surface area contributed by atoms with Crippen LogP contribution in [0.4, 0.5) is 0 Å². The number of hydrogen-bond acceptors (Lipinski definition) is 6. The molecule has 96 valence electrons. The van der Waals surface area contributed by atoms with Crippen LogP contribution in [0.15, 0.2) is 22.7 Å². The Morgan fingerprint density at radius 3 is 2.89 bits per heavy atom. The van der Waals surface area contributed by atoms with E-state index in [2.05, 4.69) is 19.9 Å². The van der Waals surface area contributed by atoms with Crippen LogP contribution in [0.1, 0.15) is 13.3 Å². The molecule has 2 rings (SSSR count). The Morgan fingerprint density at radius 2 is 2.22 bits per heavy atom. The Hall–Kier alpha value is -1.34. The first-order valence-electron chi connectivity index (χ1n) is 5.38. The lowest BCUT2D eigenvalue weighted by atomic mass is 10.5. The third kappa shape index (κ3) is 3.33. The van der Waals surface area contributed by atoms with Crippen LogP contribution in [0.5, 0.6) is 6.01 Å². The highest BCUT2D eigenvalue weighted by atomic mass is 35.5. The van der Waals surface area contributed by atoms with Gasteiger partial charge in [-0.25, -0.2) is 4.98 Å². The first-order valence-corrected chi connectivity index (χ1v) is 6.58. The van der Waals surface area contributed by atoms with E-state index in [0.29, 0.717) is 11.8 Å². The molecular weight excluding hydrogens is 274 g/mol. The molecule has 0 N–H and O–H groups in total. The van der Waals surface area contributed by atoms with Crippen LogP contribution >= 0.6 is 23.4 Å². The number of imidazole rings is 1. The van der Waals surface area contributed by atoms with Crippen molar-refractivity contribution in [2.45, 2.75) is 23.7 Å². The third-order valence-electron chi connectivity index (χ3n) is 1.96. The van der Waals surface area contributed by atoms with Crippen LogP contribution in [0, 0.1) is 0 Å². The van der Waals surface area contributed by atoms with Crippen LogP contribution < -0.4 is 4.74 Å². The number of rotatable bonds is 5. The van der Waals surface area contributed by atoms with Crippen LogP contribution in [-0.4, -0.2) is 31.1 Å². The summed E-state index contributed by atoms with van der Waals surface area (Å²) >= 11 is 7.13. The number of hydrogen-bond donors (Lipinski definition) is 0. The summed E-state index contributed by atoms with van der Waals surface area (Å²) in [5.41, 5.74) is 0. The normalized spacial score (nSPS) is 10.6. The molecule has 0 bridgehead atoms. The maximum atomic E-state index is 5.83. The van der Waals surface area contributed by atoms with Gasteiger partial charge >= 0.3 is 6.01 Å². The molecule has 2 aromatic rings. The predicted molar refractivity (Wildman–Crippen MR) is 68.0 cm³/mol. The topological polar surface area (TPSA) is 65.7 Å². The second-order valence-electron chi connectivity index (χ2n) is 3.44. The maximum Gasteiger partial charge on any atom is 0.321 e. The highest BCUT2D eigenvalue weighted by Crippen LogP contribution is 2.24. The Labute approximate surface area is 114 Å². The summed E-state index contributed by atoms with van der Waals surface area (Å²) in [6.07, 6.45) is 4.43. The van der Waals surface area contributed by atoms with Gasteiger partial charge in [0, 0.05) is 19.4 Å². The van der Waals surface area contributed by atoms with Gasteiger partial charge in [0.2, 0.25) is 10.4 Å². The lowest BCUT2D eigenvalue weighted by Gasteiger charge is -2.04. The SMILES string of the molecule is CCCOc1nc(Cl)nc(Sc2nccn2C)n1. The molecule has 0 aromatic carbocycles. The van der Waals surface area contributed by atoms with Gasteiger partial charge in [-0.05, 0) is 29.8 Å². The van der Waals surface area contributed by atoms with Crippen LogP contribution in [0.2, 0.25) is 5.28 Å². The summed E-state index contributed by atoms with van der Waals surface area (Å²) in [5, 5.41) is 1.36. The van der Waals surface area contributed by atoms with Gasteiger partial charge in [-0.1, -0.05) is 6.92 Å². The van der Waals surface area contributed by atoms with Gasteiger partial charge in [0.15, 0.2) is 5.16 Å². The van der Waals surface area contributed by atoms with E-state index >= 15 is 0 Å². The Balaban J connectivity index is 2.17. The Morgan fingerprint density at radius 1 is 1.39 bits per heavy atom. The van der Waals surface area contributed by atoms with Crippen molar-refractivity contribution in [3.63, 3.8) is 0 Å². The molecule has 0 radical (unpaired) electrons. The second kappa shape index (κ2) is 6.01. The van der Waals surface area contributed by atoms with E-state index in [9.17, 15) is 0 Å². The molecule has 0 spiro atoms. The maximum absolute atomic E-state index is 5.83. The van der Waals surface area contributed by atoms with Gasteiger partial charge in [-0.3, -0.25) is 0 Å². The Kier molecular flexibility index (Phi) is 4.38. The molecule has 0 saturated heterocycles. The number of aromatic nitrogens is 5. The minimum absolute atomic E-state index is 0.118. The van der Waals surface area contributed by atoms with E-state index in [1.807, 2.05) is 24.7 Å². The Bertz CT molecular complexity index is 533. The summed E-state index contributed by atoms with van der Waals surface area (Å²) in [5.74, 6) is 0. The summed E-state index contributed by atoms with van der Waals surface area (Å²) in [6.45, 7) is 2.55. The van der Waals surface area contributed by atoms with Gasteiger partial charge in [0.1, 0.15) is 0 Å². The molecule has 0 amide bonds. The first kappa shape index (κ1) is 13.1. The van der Waals surface area contributed by atoms with E-state index < -0.39 is 0 Å². The lowest BCUT2D eigenvalue weighted by molar-refractivity contribution is 0.288. The van der Waals surface area contributed by atoms with E-state index in [-0.39, 0.29) is 11.3 Å². The number of aryl methyl sites for hydroxylation is 1. The summed E-state index contributed by atoms with van der Waals surface area (Å²) in [6, 6.07) is 0.244. The van der Waals surface area contributed by atoms with Crippen molar-refractivity contribution < 1.29 is 4.74 Å². The van der Waals surface area contributed by atoms with Crippen molar-refractivity contribution in [2.24, 2.45) is 7.05 Å². The molecule has 2 heterocycles. The lowest BCUT2D eigenvalue weighted by Crippen LogP contribution is -2.02. The molecule has 0 aliphatic heterocycles. The number of ether oxygens (including phenoxy) is 1. The average Bonchev–Trinajstić information content (AvgIpc) is 2.72. The van der Waals surface area contributed by atoms with Crippen molar-refractivity contribution in [1.82, 2.24) is 24.5 Å². The smallest absolute Gasteiger partial charge is 0.321 e. The quantitative estimate of drug-likeness (QED) is 0.839. The standard InChI is InChI=1S/C10H12ClN5OS/c1-3-6-17-8-13-7(11)14-9(15-8)18-10-12-4-5-16(10)2/h4-5H,3,6H2,1-2H3. The molecule has 0 fully saturated rings. The zero-order chi connectivity index (χ0) is 13.0. The van der Waals surface area contributed by atoms with Gasteiger partial charge in [-0.15, -0.1) is 0 Å². The van der Waals surface area contributed by atoms with Crippen molar-refractivity contribution in [3.05, 3.63) is 17.7 Å². The molecule has 0 aliphatic rings. The number of halogens is 1. The van der Waals surface area contributed by atoms with Crippen LogP contribution in [0.25, 0.3) is 0 Å². The molecule has 0 unspecified atom stereocenters. The predicted octanol–water partition coefficient (Wildman–Crippen LogP) is 2.20. The third-order valence-corrected chi connectivity index (χ3v) is 3.07. The highest BCUT2D eigenvalue weighted by molar-refractivity contribution is 7.99. The van der Waals surface area contributed by atoms with Crippen molar-refractivity contribution in [1.29, 1.82) is 0 Å². The van der Waals surface area contributed by atoms with Gasteiger partial charge in [-0.2, -0.15) is 15.0 Å². The monoisotopic (exact) mass is 285 g/mol. The van der Waals surface area contributed by atoms with Gasteiger partial charge in [0.05, 0.1) is 6.61 Å². The molecule has 8 heteroatoms. The largest absolute Gasteiger partial charge is 0.463 e. The van der Waals surface area contributed by atoms with Crippen molar-refractivity contribution in [2.75, 3.05) is 6.61 Å². The zero-order valence-corrected chi connectivity index (χ0v) is 11.6. The highest BCUT2D eigenvalue weighted by Gasteiger charge is 2.10. The van der Waals surface area contributed by atoms with Crippen molar-refractivity contribution >= 4 is 23.4 Å². The second-order valence-corrected chi connectivity index (χ2v) is 4.71. The molecule has 0 aliphatic carbocycles. The minimum Gasteiger partial charge on any atom is -0.463 e. The molecule has 6 nitrogen and oxygen atoms in total. The van der Waals surface area contributed by atoms with E-state index in [0.717, 1.165) is 11.6 Å². The van der Waals surface area contributed by atoms with E-state index in [1.54, 1.807) is 6.20 Å². The van der Waals surface area contributed by atoms with E-state index in [4.69, 9.17) is 16.3 Å². The van der Waals surface area contributed by atoms with Crippen LogP contribution in [0.3, 0.4) is 0 Å². The first-order chi connectivity index (χ1) is 8.69. The zero-order valence-electron chi connectivity index (χ0n) is 10.00. The van der Waals surface area contributed by atoms with Crippen LogP contribution in [-0.2, 0) is 7.05 Å². The fourth-order valence-corrected chi connectivity index (χ4v) is 2.09. The average molecular weight is 286 g/mol. The van der Waals surface area contributed by atoms with Crippen molar-refractivity contribution in [3.8, 4) is 6.01 Å². The summed E-state index contributed by atoms with van der Waals surface area (Å²) < 4.78 is 7.21. The summed E-state index contributed by atoms with van der Waals surface area (Å²) in [4.78, 5) is 16.3. The molecular formula is C10H12ClN5OS. The fourth-order valence-electron chi connectivity index (χ4n) is 1.15. The minimum atomic E-state index is 0.118. The number of nitrogens with zero attached hydrogens (tertiary/aromatic N) is 5. The van der Waals surface area contributed by atoms with Gasteiger partial charge < -0.3 is 9.30 Å². The van der Waals surface area contributed by atoms with Gasteiger partial charge in [0.25, 0.3) is 0 Å². The molecule has 0 saturated carbocycles. The van der Waals surface area contributed by atoms with E-state index in [1.165, 1.54) is 11.8 Å². The summed E-state index contributed by atoms with van der Waals surface area (Å²) in [7, 11) is 1.90. The molecule has 2 aromatic heterocycles. The fraction of sp³-hybridized carbons (Fsp3) is 0.400.